The first-order valence-electron chi connectivity index (χ1n) is 7.36. The van der Waals surface area contributed by atoms with E-state index in [0.29, 0.717) is 6.04 Å². The monoisotopic (exact) mass is 262 g/mol. The standard InChI is InChI=1S/C15H26N4/c1-4-18-14(13-10-16-12-17-11-13)15(19(2)3)8-6-5-7-9-15/h10-12,14,18H,4-9H2,1-3H3. The molecule has 1 atom stereocenters. The largest absolute Gasteiger partial charge is 0.309 e. The normalized spacial score (nSPS) is 20.4. The molecule has 19 heavy (non-hydrogen) atoms. The highest BCUT2D eigenvalue weighted by atomic mass is 15.2. The highest BCUT2D eigenvalue weighted by Gasteiger charge is 2.42. The Hall–Kier alpha value is -1.00. The number of likely N-dealkylation sites (N-methyl/N-ethyl adjacent to an activating group) is 2. The molecule has 1 aliphatic carbocycles. The van der Waals surface area contributed by atoms with Crippen molar-refractivity contribution in [3.8, 4) is 0 Å². The summed E-state index contributed by atoms with van der Waals surface area (Å²) in [7, 11) is 4.42. The van der Waals surface area contributed by atoms with Crippen LogP contribution >= 0.6 is 0 Å². The molecule has 106 valence electrons. The van der Waals surface area contributed by atoms with Crippen LogP contribution in [0, 0.1) is 0 Å². The number of hydrogen-bond donors (Lipinski definition) is 1. The Morgan fingerprint density at radius 2 is 1.84 bits per heavy atom. The van der Waals surface area contributed by atoms with Gasteiger partial charge >= 0.3 is 0 Å². The van der Waals surface area contributed by atoms with Gasteiger partial charge < -0.3 is 10.2 Å². The number of rotatable bonds is 5. The van der Waals surface area contributed by atoms with E-state index in [-0.39, 0.29) is 5.54 Å². The van der Waals surface area contributed by atoms with Gasteiger partial charge in [-0.3, -0.25) is 0 Å². The van der Waals surface area contributed by atoms with E-state index in [2.05, 4.69) is 41.2 Å². The molecule has 4 heteroatoms. The quantitative estimate of drug-likeness (QED) is 0.884. The zero-order valence-electron chi connectivity index (χ0n) is 12.4. The lowest BCUT2D eigenvalue weighted by atomic mass is 9.73. The predicted octanol–water partition coefficient (Wildman–Crippen LogP) is 2.39. The van der Waals surface area contributed by atoms with Gasteiger partial charge in [0, 0.05) is 23.5 Å². The van der Waals surface area contributed by atoms with E-state index in [1.807, 2.05) is 12.4 Å². The minimum atomic E-state index is 0.193. The van der Waals surface area contributed by atoms with Crippen molar-refractivity contribution in [2.24, 2.45) is 0 Å². The first-order valence-corrected chi connectivity index (χ1v) is 7.36. The highest BCUT2D eigenvalue weighted by molar-refractivity contribution is 5.18. The van der Waals surface area contributed by atoms with Crippen LogP contribution in [0.5, 0.6) is 0 Å². The van der Waals surface area contributed by atoms with E-state index >= 15 is 0 Å². The Kier molecular flexibility index (Phi) is 4.88. The fourth-order valence-corrected chi connectivity index (χ4v) is 3.44. The van der Waals surface area contributed by atoms with Gasteiger partial charge in [-0.05, 0) is 33.5 Å². The fraction of sp³-hybridized carbons (Fsp3) is 0.733. The third-order valence-corrected chi connectivity index (χ3v) is 4.47. The van der Waals surface area contributed by atoms with Gasteiger partial charge in [-0.15, -0.1) is 0 Å². The van der Waals surface area contributed by atoms with Crippen molar-refractivity contribution in [3.05, 3.63) is 24.3 Å². The number of nitrogens with zero attached hydrogens (tertiary/aromatic N) is 3. The predicted molar refractivity (Wildman–Crippen MR) is 78.0 cm³/mol. The Balaban J connectivity index is 2.34. The van der Waals surface area contributed by atoms with Crippen molar-refractivity contribution in [2.45, 2.75) is 50.6 Å². The molecule has 1 aromatic rings. The second-order valence-corrected chi connectivity index (χ2v) is 5.72. The van der Waals surface area contributed by atoms with E-state index in [1.54, 1.807) is 6.33 Å². The molecule has 1 heterocycles. The van der Waals surface area contributed by atoms with Crippen molar-refractivity contribution in [1.82, 2.24) is 20.2 Å². The Morgan fingerprint density at radius 3 is 2.37 bits per heavy atom. The van der Waals surface area contributed by atoms with E-state index in [0.717, 1.165) is 6.54 Å². The fourth-order valence-electron chi connectivity index (χ4n) is 3.44. The van der Waals surface area contributed by atoms with Crippen LogP contribution in [0.3, 0.4) is 0 Å². The lowest BCUT2D eigenvalue weighted by Gasteiger charge is -2.48. The average Bonchev–Trinajstić information content (AvgIpc) is 2.46. The van der Waals surface area contributed by atoms with Crippen molar-refractivity contribution in [3.63, 3.8) is 0 Å². The molecule has 0 aliphatic heterocycles. The van der Waals surface area contributed by atoms with Crippen molar-refractivity contribution in [2.75, 3.05) is 20.6 Å². The number of hydrogen-bond acceptors (Lipinski definition) is 4. The molecule has 0 bridgehead atoms. The van der Waals surface area contributed by atoms with Gasteiger partial charge in [-0.1, -0.05) is 26.2 Å². The van der Waals surface area contributed by atoms with Crippen LogP contribution in [0.4, 0.5) is 0 Å². The number of aromatic nitrogens is 2. The Labute approximate surface area is 116 Å². The molecule has 1 unspecified atom stereocenters. The molecule has 1 aromatic heterocycles. The summed E-state index contributed by atoms with van der Waals surface area (Å²) < 4.78 is 0. The Bertz CT molecular complexity index is 371. The Morgan fingerprint density at radius 1 is 1.21 bits per heavy atom. The summed E-state index contributed by atoms with van der Waals surface area (Å²) in [4.78, 5) is 10.8. The topological polar surface area (TPSA) is 41.1 Å². The van der Waals surface area contributed by atoms with Crippen LogP contribution in [0.25, 0.3) is 0 Å². The van der Waals surface area contributed by atoms with Gasteiger partial charge in [0.2, 0.25) is 0 Å². The maximum Gasteiger partial charge on any atom is 0.115 e. The molecular formula is C15H26N4. The van der Waals surface area contributed by atoms with E-state index in [4.69, 9.17) is 0 Å². The molecule has 0 amide bonds. The lowest BCUT2D eigenvalue weighted by Crippen LogP contribution is -2.55. The molecule has 0 radical (unpaired) electrons. The summed E-state index contributed by atoms with van der Waals surface area (Å²) in [6.07, 6.45) is 12.0. The minimum absolute atomic E-state index is 0.193. The summed E-state index contributed by atoms with van der Waals surface area (Å²) >= 11 is 0. The number of nitrogens with one attached hydrogen (secondary N) is 1. The van der Waals surface area contributed by atoms with E-state index in [1.165, 1.54) is 37.7 Å². The third kappa shape index (κ3) is 2.95. The van der Waals surface area contributed by atoms with Crippen LogP contribution in [-0.2, 0) is 0 Å². The van der Waals surface area contributed by atoms with E-state index in [9.17, 15) is 0 Å². The molecular weight excluding hydrogens is 236 g/mol. The summed E-state index contributed by atoms with van der Waals surface area (Å²) in [5, 5.41) is 3.67. The van der Waals surface area contributed by atoms with Crippen LogP contribution in [0.1, 0.15) is 50.6 Å². The second-order valence-electron chi connectivity index (χ2n) is 5.72. The van der Waals surface area contributed by atoms with E-state index < -0.39 is 0 Å². The second kappa shape index (κ2) is 6.44. The van der Waals surface area contributed by atoms with Crippen molar-refractivity contribution >= 4 is 0 Å². The third-order valence-electron chi connectivity index (χ3n) is 4.47. The molecule has 1 aliphatic rings. The SMILES string of the molecule is CCNC(c1cncnc1)C1(N(C)C)CCCCC1. The smallest absolute Gasteiger partial charge is 0.115 e. The first kappa shape index (κ1) is 14.4. The summed E-state index contributed by atoms with van der Waals surface area (Å²) in [5.74, 6) is 0. The summed E-state index contributed by atoms with van der Waals surface area (Å²) in [5.41, 5.74) is 1.40. The van der Waals surface area contributed by atoms with Crippen LogP contribution < -0.4 is 5.32 Å². The lowest BCUT2D eigenvalue weighted by molar-refractivity contribution is 0.0568. The van der Waals surface area contributed by atoms with Gasteiger partial charge in [0.1, 0.15) is 6.33 Å². The van der Waals surface area contributed by atoms with Crippen LogP contribution in [-0.4, -0.2) is 41.0 Å². The maximum absolute atomic E-state index is 4.20. The van der Waals surface area contributed by atoms with Gasteiger partial charge in [-0.25, -0.2) is 9.97 Å². The van der Waals surface area contributed by atoms with Crippen molar-refractivity contribution in [1.29, 1.82) is 0 Å². The molecule has 4 nitrogen and oxygen atoms in total. The zero-order valence-corrected chi connectivity index (χ0v) is 12.4. The summed E-state index contributed by atoms with van der Waals surface area (Å²) in [6.45, 7) is 3.14. The molecule has 1 saturated carbocycles. The molecule has 0 aromatic carbocycles. The van der Waals surface area contributed by atoms with Crippen LogP contribution in [0.15, 0.2) is 18.7 Å². The molecule has 1 fully saturated rings. The van der Waals surface area contributed by atoms with Gasteiger partial charge in [-0.2, -0.15) is 0 Å². The molecule has 0 saturated heterocycles. The zero-order chi connectivity index (χ0) is 13.7. The van der Waals surface area contributed by atoms with Gasteiger partial charge in [0.25, 0.3) is 0 Å². The first-order chi connectivity index (χ1) is 9.20. The van der Waals surface area contributed by atoms with Gasteiger partial charge in [0.05, 0.1) is 6.04 Å². The van der Waals surface area contributed by atoms with Crippen molar-refractivity contribution < 1.29 is 0 Å². The average molecular weight is 262 g/mol. The molecule has 1 N–H and O–H groups in total. The maximum atomic E-state index is 4.20. The minimum Gasteiger partial charge on any atom is -0.309 e. The van der Waals surface area contributed by atoms with Gasteiger partial charge in [0.15, 0.2) is 0 Å². The van der Waals surface area contributed by atoms with Crippen LogP contribution in [0.2, 0.25) is 0 Å². The highest BCUT2D eigenvalue weighted by Crippen LogP contribution is 2.41. The summed E-state index contributed by atoms with van der Waals surface area (Å²) in [6, 6.07) is 0.314. The molecule has 0 spiro atoms. The molecule has 2 rings (SSSR count).